The molecule has 0 fully saturated rings. The number of benzene rings is 1. The predicted molar refractivity (Wildman–Crippen MR) is 64.9 cm³/mol. The van der Waals surface area contributed by atoms with Crippen molar-refractivity contribution in [1.29, 1.82) is 0 Å². The molecule has 0 aromatic heterocycles. The highest BCUT2D eigenvalue weighted by Crippen LogP contribution is 2.15. The first kappa shape index (κ1) is 14.6. The van der Waals surface area contributed by atoms with E-state index in [-0.39, 0.29) is 0 Å². The van der Waals surface area contributed by atoms with E-state index in [1.165, 1.54) is 0 Å². The molecule has 0 bridgehead atoms. The van der Waals surface area contributed by atoms with E-state index in [1.54, 1.807) is 24.3 Å². The van der Waals surface area contributed by atoms with Crippen molar-refractivity contribution in [2.24, 2.45) is 0 Å². The fourth-order valence-electron chi connectivity index (χ4n) is 1.39. The fraction of sp³-hybridized carbons (Fsp3) is 0.462. The molecule has 0 aliphatic rings. The van der Waals surface area contributed by atoms with Crippen LogP contribution in [-0.2, 0) is 0 Å². The Labute approximate surface area is 105 Å². The molecule has 1 aromatic carbocycles. The highest BCUT2D eigenvalue weighted by molar-refractivity contribution is 5.94. The Morgan fingerprint density at radius 1 is 1.33 bits per heavy atom. The van der Waals surface area contributed by atoms with Crippen molar-refractivity contribution in [2.45, 2.75) is 25.7 Å². The molecule has 0 aliphatic heterocycles. The first-order valence-corrected chi connectivity index (χ1v) is 5.72. The molecule has 0 saturated carbocycles. The summed E-state index contributed by atoms with van der Waals surface area (Å²) in [5, 5.41) is 10.5. The van der Waals surface area contributed by atoms with Crippen LogP contribution in [0.5, 0.6) is 0 Å². The maximum Gasteiger partial charge on any atom is 0.287 e. The molecule has 1 rings (SSSR count). The zero-order valence-electron chi connectivity index (χ0n) is 10.4. The van der Waals surface area contributed by atoms with Gasteiger partial charge in [-0.05, 0) is 23.6 Å². The van der Waals surface area contributed by atoms with Crippen LogP contribution in [0.25, 0.3) is 0 Å². The van der Waals surface area contributed by atoms with Crippen molar-refractivity contribution in [3.05, 3.63) is 35.4 Å². The number of amides is 1. The normalized spacial score (nSPS) is 11.7. The van der Waals surface area contributed by atoms with Crippen LogP contribution in [0.1, 0.15) is 35.7 Å². The lowest BCUT2D eigenvalue weighted by Crippen LogP contribution is -2.38. The lowest BCUT2D eigenvalue weighted by Gasteiger charge is -2.14. The molecule has 0 heterocycles. The number of aliphatic hydroxyl groups is 1. The Bertz CT molecular complexity index is 402. The molecular weight excluding hydrogens is 240 g/mol. The van der Waals surface area contributed by atoms with E-state index in [0.29, 0.717) is 11.5 Å². The van der Waals surface area contributed by atoms with Crippen molar-refractivity contribution < 1.29 is 18.7 Å². The Hall–Kier alpha value is -1.49. The molecule has 0 radical (unpaired) electrons. The third-order valence-electron chi connectivity index (χ3n) is 2.58. The summed E-state index contributed by atoms with van der Waals surface area (Å²) in [6.45, 7) is 1.90. The van der Waals surface area contributed by atoms with Gasteiger partial charge in [0.1, 0.15) is 6.61 Å². The number of nitrogens with one attached hydrogen (secondary N) is 1. The highest BCUT2D eigenvalue weighted by atomic mass is 19.3. The van der Waals surface area contributed by atoms with Crippen molar-refractivity contribution in [1.82, 2.24) is 5.32 Å². The molecule has 2 N–H and O–H groups in total. The topological polar surface area (TPSA) is 49.3 Å². The molecule has 0 spiro atoms. The minimum atomic E-state index is -3.28. The monoisotopic (exact) mass is 257 g/mol. The fourth-order valence-corrected chi connectivity index (χ4v) is 1.39. The van der Waals surface area contributed by atoms with Gasteiger partial charge < -0.3 is 10.4 Å². The summed E-state index contributed by atoms with van der Waals surface area (Å²) in [7, 11) is 0. The Balaban J connectivity index is 2.62. The van der Waals surface area contributed by atoms with Crippen molar-refractivity contribution in [3.8, 4) is 0 Å². The number of hydrogen-bond acceptors (Lipinski definition) is 2. The minimum absolute atomic E-state index is 0.327. The second kappa shape index (κ2) is 5.91. The summed E-state index contributed by atoms with van der Waals surface area (Å²) >= 11 is 0. The van der Waals surface area contributed by atoms with Crippen LogP contribution < -0.4 is 5.32 Å². The third-order valence-corrected chi connectivity index (χ3v) is 2.58. The smallest absolute Gasteiger partial charge is 0.287 e. The SMILES string of the molecule is CC(C)c1ccc(C(=O)NCC(F)(F)CO)cc1. The van der Waals surface area contributed by atoms with Gasteiger partial charge in [-0.3, -0.25) is 4.79 Å². The lowest BCUT2D eigenvalue weighted by atomic mass is 10.0. The van der Waals surface area contributed by atoms with Crippen LogP contribution >= 0.6 is 0 Å². The van der Waals surface area contributed by atoms with Crippen LogP contribution in [-0.4, -0.2) is 30.1 Å². The number of hydrogen-bond donors (Lipinski definition) is 2. The van der Waals surface area contributed by atoms with Gasteiger partial charge in [0.2, 0.25) is 0 Å². The second-order valence-electron chi connectivity index (χ2n) is 4.47. The van der Waals surface area contributed by atoms with Gasteiger partial charge in [0.05, 0.1) is 6.54 Å². The maximum atomic E-state index is 12.7. The van der Waals surface area contributed by atoms with Crippen molar-refractivity contribution in [2.75, 3.05) is 13.2 Å². The molecule has 18 heavy (non-hydrogen) atoms. The number of alkyl halides is 2. The van der Waals surface area contributed by atoms with Gasteiger partial charge in [-0.2, -0.15) is 0 Å². The van der Waals surface area contributed by atoms with Crippen molar-refractivity contribution >= 4 is 5.91 Å². The number of carbonyl (C=O) groups is 1. The summed E-state index contributed by atoms with van der Waals surface area (Å²) < 4.78 is 25.5. The number of aliphatic hydroxyl groups excluding tert-OH is 1. The van der Waals surface area contributed by atoms with Gasteiger partial charge in [0, 0.05) is 5.56 Å². The largest absolute Gasteiger partial charge is 0.390 e. The van der Waals surface area contributed by atoms with Crippen LogP contribution in [0.4, 0.5) is 8.78 Å². The third kappa shape index (κ3) is 4.07. The average Bonchev–Trinajstić information content (AvgIpc) is 2.36. The first-order valence-electron chi connectivity index (χ1n) is 5.72. The van der Waals surface area contributed by atoms with Crippen LogP contribution in [0.15, 0.2) is 24.3 Å². The molecule has 1 amide bonds. The van der Waals surface area contributed by atoms with Gasteiger partial charge >= 0.3 is 0 Å². The molecule has 1 aromatic rings. The zero-order chi connectivity index (χ0) is 13.8. The predicted octanol–water partition coefficient (Wildman–Crippen LogP) is 2.17. The van der Waals surface area contributed by atoms with Gasteiger partial charge in [0.25, 0.3) is 11.8 Å². The second-order valence-corrected chi connectivity index (χ2v) is 4.47. The summed E-state index contributed by atoms with van der Waals surface area (Å²) in [5.41, 5.74) is 1.40. The van der Waals surface area contributed by atoms with Gasteiger partial charge in [-0.25, -0.2) is 8.78 Å². The lowest BCUT2D eigenvalue weighted by molar-refractivity contribution is -0.0462. The zero-order valence-corrected chi connectivity index (χ0v) is 10.4. The average molecular weight is 257 g/mol. The van der Waals surface area contributed by atoms with Gasteiger partial charge in [-0.1, -0.05) is 26.0 Å². The van der Waals surface area contributed by atoms with Crippen LogP contribution in [0, 0.1) is 0 Å². The Kier molecular flexibility index (Phi) is 4.78. The molecule has 0 saturated heterocycles. The van der Waals surface area contributed by atoms with E-state index in [0.717, 1.165) is 5.56 Å². The minimum Gasteiger partial charge on any atom is -0.390 e. The van der Waals surface area contributed by atoms with E-state index in [1.807, 2.05) is 13.8 Å². The summed E-state index contributed by atoms with van der Waals surface area (Å²) in [5.74, 6) is -3.51. The highest BCUT2D eigenvalue weighted by Gasteiger charge is 2.28. The number of rotatable bonds is 5. The van der Waals surface area contributed by atoms with E-state index < -0.39 is 25.0 Å². The molecular formula is C13H17F2NO2. The molecule has 3 nitrogen and oxygen atoms in total. The quantitative estimate of drug-likeness (QED) is 0.849. The standard InChI is InChI=1S/C13H17F2NO2/c1-9(2)10-3-5-11(6-4-10)12(18)16-7-13(14,15)8-17/h3-6,9,17H,7-8H2,1-2H3,(H,16,18). The summed E-state index contributed by atoms with van der Waals surface area (Å²) in [6.07, 6.45) is 0. The molecule has 5 heteroatoms. The van der Waals surface area contributed by atoms with Crippen LogP contribution in [0.3, 0.4) is 0 Å². The summed E-state index contributed by atoms with van der Waals surface area (Å²) in [4.78, 5) is 11.6. The Morgan fingerprint density at radius 3 is 2.33 bits per heavy atom. The maximum absolute atomic E-state index is 12.7. The summed E-state index contributed by atoms with van der Waals surface area (Å²) in [6, 6.07) is 6.79. The van der Waals surface area contributed by atoms with Gasteiger partial charge in [0.15, 0.2) is 0 Å². The number of halogens is 2. The van der Waals surface area contributed by atoms with Crippen LogP contribution in [0.2, 0.25) is 0 Å². The van der Waals surface area contributed by atoms with Crippen molar-refractivity contribution in [3.63, 3.8) is 0 Å². The Morgan fingerprint density at radius 2 is 1.89 bits per heavy atom. The van der Waals surface area contributed by atoms with Gasteiger partial charge in [-0.15, -0.1) is 0 Å². The van der Waals surface area contributed by atoms with E-state index >= 15 is 0 Å². The van der Waals surface area contributed by atoms with E-state index in [4.69, 9.17) is 5.11 Å². The van der Waals surface area contributed by atoms with E-state index in [2.05, 4.69) is 5.32 Å². The molecule has 100 valence electrons. The molecule has 0 aliphatic carbocycles. The van der Waals surface area contributed by atoms with E-state index in [9.17, 15) is 13.6 Å². The molecule has 0 atom stereocenters. The molecule has 0 unspecified atom stereocenters. The first-order chi connectivity index (χ1) is 8.35. The number of carbonyl (C=O) groups excluding carboxylic acids is 1.